The lowest BCUT2D eigenvalue weighted by Crippen LogP contribution is -2.37. The van der Waals surface area contributed by atoms with Crippen LogP contribution in [0.4, 0.5) is 4.39 Å². The van der Waals surface area contributed by atoms with Crippen LogP contribution >= 0.6 is 0 Å². The molecule has 0 radical (unpaired) electrons. The van der Waals surface area contributed by atoms with Crippen molar-refractivity contribution in [3.63, 3.8) is 0 Å². The van der Waals surface area contributed by atoms with Crippen LogP contribution in [0.1, 0.15) is 30.0 Å². The topological polar surface area (TPSA) is 129 Å². The average molecular weight is 431 g/mol. The fraction of sp³-hybridized carbons (Fsp3) is 0.333. The molecular weight excluding hydrogens is 409 g/mol. The zero-order valence-electron chi connectivity index (χ0n) is 16.4. The van der Waals surface area contributed by atoms with E-state index < -0.39 is 22.4 Å². The summed E-state index contributed by atoms with van der Waals surface area (Å²) in [4.78, 5) is 0.465. The molecule has 1 aliphatic rings. The maximum Gasteiger partial charge on any atom is 0.144 e. The quantitative estimate of drug-likeness (QED) is 0.679. The van der Waals surface area contributed by atoms with Crippen molar-refractivity contribution in [3.05, 3.63) is 58.9 Å². The molecule has 2 unspecified atom stereocenters. The van der Waals surface area contributed by atoms with Crippen molar-refractivity contribution in [1.29, 1.82) is 10.5 Å². The summed E-state index contributed by atoms with van der Waals surface area (Å²) in [5.41, 5.74) is 0.182. The molecule has 0 saturated carbocycles. The van der Waals surface area contributed by atoms with Gasteiger partial charge in [-0.1, -0.05) is 13.0 Å². The number of aliphatic hydroxyl groups excluding tert-OH is 1. The van der Waals surface area contributed by atoms with Crippen LogP contribution in [-0.4, -0.2) is 49.1 Å². The van der Waals surface area contributed by atoms with Gasteiger partial charge in [-0.3, -0.25) is 0 Å². The Morgan fingerprint density at radius 2 is 1.90 bits per heavy atom. The summed E-state index contributed by atoms with van der Waals surface area (Å²) in [5, 5.41) is 45.2. The minimum Gasteiger partial charge on any atom is -0.508 e. The molecule has 0 amide bonds. The van der Waals surface area contributed by atoms with Gasteiger partial charge in [-0.25, -0.2) is 12.9 Å². The van der Waals surface area contributed by atoms with Gasteiger partial charge in [0, 0.05) is 19.2 Å². The van der Waals surface area contributed by atoms with Gasteiger partial charge in [-0.2, -0.15) is 10.5 Å². The molecule has 0 aliphatic carbocycles. The van der Waals surface area contributed by atoms with Crippen LogP contribution in [-0.2, 0) is 17.4 Å². The van der Waals surface area contributed by atoms with E-state index in [1.54, 1.807) is 22.5 Å². The predicted octanol–water partition coefficient (Wildman–Crippen LogP) is 1.98. The van der Waals surface area contributed by atoms with Gasteiger partial charge in [0.05, 0.1) is 22.6 Å². The molecule has 1 fully saturated rings. The van der Waals surface area contributed by atoms with Crippen molar-refractivity contribution in [1.82, 2.24) is 4.31 Å². The number of rotatable bonds is 4. The minimum atomic E-state index is -1.49. The van der Waals surface area contributed by atoms with Crippen molar-refractivity contribution in [2.75, 3.05) is 19.7 Å². The van der Waals surface area contributed by atoms with E-state index in [0.717, 1.165) is 18.1 Å². The minimum absolute atomic E-state index is 0.0576. The van der Waals surface area contributed by atoms with Gasteiger partial charge >= 0.3 is 0 Å². The number of nitrogens with zero attached hydrogens (tertiary/aromatic N) is 3. The largest absolute Gasteiger partial charge is 0.508 e. The van der Waals surface area contributed by atoms with Crippen LogP contribution in [0.5, 0.6) is 5.75 Å². The fourth-order valence-electron chi connectivity index (χ4n) is 2.86. The zero-order chi connectivity index (χ0) is 22.3. The molecule has 0 aromatic heterocycles. The molecular formula is C21H22FN3O4S. The maximum absolute atomic E-state index is 12.5. The highest BCUT2D eigenvalue weighted by Gasteiger charge is 2.38. The summed E-state index contributed by atoms with van der Waals surface area (Å²) in [7, 11) is -1.49. The van der Waals surface area contributed by atoms with Crippen LogP contribution in [0.15, 0.2) is 41.3 Å². The molecule has 1 aliphatic heterocycles. The standard InChI is InChI=1S/C14H18N2O3S.C7H4FNO/c1-2-11-3-4-13(12(7-11)8-15)20(19)16-6-5-14(18,9-16)10-17;8-7-3-6(10)2-1-5(7)4-9/h3-4,7,17-18H,2,5-6,9-10H2,1H3;1-3,10H. The Morgan fingerprint density at radius 1 is 1.20 bits per heavy atom. The molecule has 158 valence electrons. The molecule has 2 aromatic rings. The van der Waals surface area contributed by atoms with E-state index in [1.807, 2.05) is 13.0 Å². The summed E-state index contributed by atoms with van der Waals surface area (Å²) in [6.07, 6.45) is 1.19. The van der Waals surface area contributed by atoms with Crippen LogP contribution in [0.3, 0.4) is 0 Å². The molecule has 30 heavy (non-hydrogen) atoms. The van der Waals surface area contributed by atoms with Gasteiger partial charge in [-0.15, -0.1) is 0 Å². The lowest BCUT2D eigenvalue weighted by atomic mass is 10.1. The van der Waals surface area contributed by atoms with Crippen LogP contribution in [0.25, 0.3) is 0 Å². The average Bonchev–Trinajstić information content (AvgIpc) is 3.16. The second-order valence-corrected chi connectivity index (χ2v) is 8.27. The predicted molar refractivity (Wildman–Crippen MR) is 108 cm³/mol. The van der Waals surface area contributed by atoms with E-state index >= 15 is 0 Å². The van der Waals surface area contributed by atoms with E-state index in [-0.39, 0.29) is 24.5 Å². The van der Waals surface area contributed by atoms with Crippen molar-refractivity contribution in [2.45, 2.75) is 30.3 Å². The number of benzene rings is 2. The van der Waals surface area contributed by atoms with Crippen LogP contribution in [0, 0.1) is 28.5 Å². The number of aliphatic hydroxyl groups is 2. The highest BCUT2D eigenvalue weighted by atomic mass is 32.2. The third-order valence-corrected chi connectivity index (χ3v) is 6.17. The number of nitriles is 2. The van der Waals surface area contributed by atoms with E-state index in [0.29, 0.717) is 23.4 Å². The highest BCUT2D eigenvalue weighted by Crippen LogP contribution is 2.26. The Balaban J connectivity index is 0.000000269. The summed E-state index contributed by atoms with van der Waals surface area (Å²) in [5.74, 6) is -0.862. The van der Waals surface area contributed by atoms with E-state index in [9.17, 15) is 19.0 Å². The number of phenols is 1. The van der Waals surface area contributed by atoms with E-state index in [1.165, 1.54) is 12.1 Å². The smallest absolute Gasteiger partial charge is 0.144 e. The molecule has 3 rings (SSSR count). The Kier molecular flexibility index (Phi) is 8.04. The van der Waals surface area contributed by atoms with Crippen LogP contribution in [0.2, 0.25) is 0 Å². The molecule has 7 nitrogen and oxygen atoms in total. The third-order valence-electron chi connectivity index (χ3n) is 4.66. The highest BCUT2D eigenvalue weighted by molar-refractivity contribution is 7.82. The Labute approximate surface area is 176 Å². The van der Waals surface area contributed by atoms with E-state index in [4.69, 9.17) is 15.5 Å². The maximum atomic E-state index is 12.5. The number of aromatic hydroxyl groups is 1. The first-order chi connectivity index (χ1) is 14.3. The molecule has 2 aromatic carbocycles. The second-order valence-electron chi connectivity index (χ2n) is 6.82. The lowest BCUT2D eigenvalue weighted by molar-refractivity contribution is -0.000503. The van der Waals surface area contributed by atoms with Gasteiger partial charge in [0.15, 0.2) is 0 Å². The van der Waals surface area contributed by atoms with Crippen molar-refractivity contribution < 1.29 is 23.9 Å². The van der Waals surface area contributed by atoms with Gasteiger partial charge in [-0.05, 0) is 42.7 Å². The molecule has 0 bridgehead atoms. The summed E-state index contributed by atoms with van der Waals surface area (Å²) >= 11 is 0. The molecule has 2 atom stereocenters. The molecule has 1 saturated heterocycles. The zero-order valence-corrected chi connectivity index (χ0v) is 17.2. The molecule has 9 heteroatoms. The van der Waals surface area contributed by atoms with Gasteiger partial charge < -0.3 is 15.3 Å². The summed E-state index contributed by atoms with van der Waals surface area (Å²) in [6, 6.07) is 12.4. The van der Waals surface area contributed by atoms with Gasteiger partial charge in [0.2, 0.25) is 0 Å². The first kappa shape index (κ1) is 23.5. The fourth-order valence-corrected chi connectivity index (χ4v) is 4.23. The summed E-state index contributed by atoms with van der Waals surface area (Å²) in [6.45, 7) is 2.23. The number of β-amino-alcohol motifs (C(OH)–C–C–N with tert-alkyl or cyclic N) is 1. The van der Waals surface area contributed by atoms with E-state index in [2.05, 4.69) is 6.07 Å². The molecule has 1 heterocycles. The Bertz CT molecular complexity index is 1020. The van der Waals surface area contributed by atoms with Crippen molar-refractivity contribution in [3.8, 4) is 17.9 Å². The number of hydrogen-bond donors (Lipinski definition) is 3. The number of aryl methyl sites for hydroxylation is 1. The van der Waals surface area contributed by atoms with Crippen LogP contribution < -0.4 is 0 Å². The van der Waals surface area contributed by atoms with Crippen molar-refractivity contribution >= 4 is 11.0 Å². The first-order valence-electron chi connectivity index (χ1n) is 9.18. The normalized spacial score (nSPS) is 19.3. The monoisotopic (exact) mass is 431 g/mol. The summed E-state index contributed by atoms with van der Waals surface area (Å²) < 4.78 is 26.6. The number of phenolic OH excluding ortho intramolecular Hbond substituents is 1. The number of halogens is 1. The van der Waals surface area contributed by atoms with Crippen molar-refractivity contribution in [2.24, 2.45) is 0 Å². The molecule has 0 spiro atoms. The Hall–Kier alpha value is -2.82. The molecule has 3 N–H and O–H groups in total. The lowest BCUT2D eigenvalue weighted by Gasteiger charge is -2.20. The third kappa shape index (κ3) is 5.62. The van der Waals surface area contributed by atoms with Gasteiger partial charge in [0.1, 0.15) is 40.3 Å². The Morgan fingerprint density at radius 3 is 2.43 bits per heavy atom. The SMILES string of the molecule is CCc1ccc(S(=O)N2CCC(O)(CO)C2)c(C#N)c1.N#Cc1ccc(O)cc1F. The first-order valence-corrected chi connectivity index (χ1v) is 10.3. The van der Waals surface area contributed by atoms with Gasteiger partial charge in [0.25, 0.3) is 0 Å². The number of hydrogen-bond acceptors (Lipinski definition) is 6. The second kappa shape index (κ2) is 10.3.